The van der Waals surface area contributed by atoms with Crippen LogP contribution in [-0.4, -0.2) is 44.2 Å². The van der Waals surface area contributed by atoms with Crippen LogP contribution < -0.4 is 10.9 Å². The number of rotatable bonds is 5. The minimum atomic E-state index is -5.08. The number of hydrogen-bond donors (Lipinski definition) is 3. The van der Waals surface area contributed by atoms with Crippen molar-refractivity contribution in [2.45, 2.75) is 57.8 Å². The summed E-state index contributed by atoms with van der Waals surface area (Å²) >= 11 is 6.04. The first-order valence-electron chi connectivity index (χ1n) is 8.47. The average molecular weight is 428 g/mol. The molecule has 1 fully saturated rings. The standard InChI is InChI=1S/C14H20ClN3O3.C2HF3O2/c1-9(10-5-3-2-4-6-10)17-11-7-16-18(8-12(19)20)14(21)13(11)15;3-2(4,5)1(6)7/h7,9-10,17H,2-6,8H2,1H3,(H,19,20);(H,6,7). The summed E-state index contributed by atoms with van der Waals surface area (Å²) in [5, 5.41) is 22.9. The van der Waals surface area contributed by atoms with E-state index in [2.05, 4.69) is 17.3 Å². The largest absolute Gasteiger partial charge is 0.490 e. The van der Waals surface area contributed by atoms with Crippen LogP contribution >= 0.6 is 11.6 Å². The number of aromatic nitrogens is 2. The van der Waals surface area contributed by atoms with E-state index in [0.29, 0.717) is 11.6 Å². The summed E-state index contributed by atoms with van der Waals surface area (Å²) in [6, 6.07) is 0.208. The van der Waals surface area contributed by atoms with E-state index in [1.54, 1.807) is 0 Å². The third-order valence-corrected chi connectivity index (χ3v) is 4.62. The topological polar surface area (TPSA) is 122 Å². The fraction of sp³-hybridized carbons (Fsp3) is 0.625. The van der Waals surface area contributed by atoms with E-state index in [9.17, 15) is 22.8 Å². The van der Waals surface area contributed by atoms with Gasteiger partial charge >= 0.3 is 18.1 Å². The minimum Gasteiger partial charge on any atom is -0.480 e. The number of nitrogens with zero attached hydrogens (tertiary/aromatic N) is 2. The monoisotopic (exact) mass is 427 g/mol. The van der Waals surface area contributed by atoms with Crippen LogP contribution in [0.5, 0.6) is 0 Å². The van der Waals surface area contributed by atoms with Gasteiger partial charge in [0.2, 0.25) is 0 Å². The quantitative estimate of drug-likeness (QED) is 0.660. The molecule has 0 aromatic carbocycles. The normalized spacial score (nSPS) is 15.9. The van der Waals surface area contributed by atoms with E-state index < -0.39 is 30.2 Å². The summed E-state index contributed by atoms with van der Waals surface area (Å²) in [6.45, 7) is 1.59. The first-order valence-corrected chi connectivity index (χ1v) is 8.85. The molecule has 8 nitrogen and oxygen atoms in total. The van der Waals surface area contributed by atoms with Crippen molar-refractivity contribution in [3.8, 4) is 0 Å². The molecular formula is C16H21ClF3N3O5. The molecule has 1 aliphatic carbocycles. The fourth-order valence-corrected chi connectivity index (χ4v) is 3.00. The molecule has 1 aromatic rings. The Labute approximate surface area is 163 Å². The van der Waals surface area contributed by atoms with Crippen LogP contribution in [0.1, 0.15) is 39.0 Å². The molecular weight excluding hydrogens is 407 g/mol. The van der Waals surface area contributed by atoms with Gasteiger partial charge in [0.25, 0.3) is 5.56 Å². The van der Waals surface area contributed by atoms with Crippen molar-refractivity contribution in [3.05, 3.63) is 21.6 Å². The molecule has 1 saturated carbocycles. The van der Waals surface area contributed by atoms with Crippen molar-refractivity contribution in [2.75, 3.05) is 5.32 Å². The molecule has 1 atom stereocenters. The van der Waals surface area contributed by atoms with Crippen molar-refractivity contribution in [3.63, 3.8) is 0 Å². The Morgan fingerprint density at radius 3 is 2.32 bits per heavy atom. The second kappa shape index (κ2) is 10.3. The first kappa shape index (κ1) is 23.7. The molecule has 12 heteroatoms. The van der Waals surface area contributed by atoms with Crippen molar-refractivity contribution in [1.82, 2.24) is 9.78 Å². The number of halogens is 4. The molecule has 1 unspecified atom stereocenters. The third kappa shape index (κ3) is 7.37. The number of nitrogens with one attached hydrogen (secondary N) is 1. The molecule has 1 heterocycles. The summed E-state index contributed by atoms with van der Waals surface area (Å²) < 4.78 is 32.6. The molecule has 0 radical (unpaired) electrons. The molecule has 0 spiro atoms. The highest BCUT2D eigenvalue weighted by molar-refractivity contribution is 6.32. The Morgan fingerprint density at radius 1 is 1.32 bits per heavy atom. The maximum Gasteiger partial charge on any atom is 0.490 e. The van der Waals surface area contributed by atoms with E-state index in [0.717, 1.165) is 4.68 Å². The second-order valence-electron chi connectivity index (χ2n) is 6.36. The van der Waals surface area contributed by atoms with E-state index >= 15 is 0 Å². The Kier molecular flexibility index (Phi) is 8.73. The summed E-state index contributed by atoms with van der Waals surface area (Å²) in [5.74, 6) is -3.32. The average Bonchev–Trinajstić information content (AvgIpc) is 2.61. The lowest BCUT2D eigenvalue weighted by molar-refractivity contribution is -0.192. The molecule has 1 aromatic heterocycles. The van der Waals surface area contributed by atoms with E-state index in [4.69, 9.17) is 26.6 Å². The highest BCUT2D eigenvalue weighted by Gasteiger charge is 2.38. The molecule has 0 bridgehead atoms. The Bertz CT molecular complexity index is 748. The zero-order valence-electron chi connectivity index (χ0n) is 15.0. The van der Waals surface area contributed by atoms with Crippen molar-refractivity contribution >= 4 is 29.2 Å². The Balaban J connectivity index is 0.000000480. The summed E-state index contributed by atoms with van der Waals surface area (Å²) in [4.78, 5) is 31.5. The number of alkyl halides is 3. The van der Waals surface area contributed by atoms with Gasteiger partial charge in [0.15, 0.2) is 0 Å². The second-order valence-corrected chi connectivity index (χ2v) is 6.74. The van der Waals surface area contributed by atoms with Gasteiger partial charge in [-0.2, -0.15) is 18.3 Å². The number of hydrogen-bond acceptors (Lipinski definition) is 5. The summed E-state index contributed by atoms with van der Waals surface area (Å²) in [7, 11) is 0. The molecule has 28 heavy (non-hydrogen) atoms. The number of anilines is 1. The maximum atomic E-state index is 11.9. The minimum absolute atomic E-state index is 0.00564. The molecule has 2 rings (SSSR count). The number of aliphatic carboxylic acids is 2. The predicted molar refractivity (Wildman–Crippen MR) is 94.5 cm³/mol. The number of carboxylic acids is 2. The van der Waals surface area contributed by atoms with Gasteiger partial charge in [0, 0.05) is 6.04 Å². The van der Waals surface area contributed by atoms with Crippen LogP contribution in [-0.2, 0) is 16.1 Å². The van der Waals surface area contributed by atoms with Gasteiger partial charge in [-0.05, 0) is 25.7 Å². The summed E-state index contributed by atoms with van der Waals surface area (Å²) in [5.41, 5.74) is -0.110. The highest BCUT2D eigenvalue weighted by Crippen LogP contribution is 2.28. The van der Waals surface area contributed by atoms with Gasteiger partial charge in [0.1, 0.15) is 11.6 Å². The van der Waals surface area contributed by atoms with E-state index in [-0.39, 0.29) is 11.1 Å². The third-order valence-electron chi connectivity index (χ3n) is 4.25. The zero-order valence-corrected chi connectivity index (χ0v) is 15.8. The molecule has 3 N–H and O–H groups in total. The highest BCUT2D eigenvalue weighted by atomic mass is 35.5. The lowest BCUT2D eigenvalue weighted by Crippen LogP contribution is -2.31. The number of carbonyl (C=O) groups is 2. The Hall–Kier alpha value is -2.30. The van der Waals surface area contributed by atoms with Crippen molar-refractivity contribution in [2.24, 2.45) is 5.92 Å². The molecule has 0 saturated heterocycles. The molecule has 1 aliphatic rings. The predicted octanol–water partition coefficient (Wildman–Crippen LogP) is 3.00. The molecule has 0 aliphatic heterocycles. The van der Waals surface area contributed by atoms with Gasteiger partial charge < -0.3 is 15.5 Å². The van der Waals surface area contributed by atoms with Crippen LogP contribution in [0.4, 0.5) is 18.9 Å². The van der Waals surface area contributed by atoms with E-state index in [1.165, 1.54) is 38.3 Å². The van der Waals surface area contributed by atoms with Crippen LogP contribution in [0.25, 0.3) is 0 Å². The van der Waals surface area contributed by atoms with Crippen molar-refractivity contribution in [1.29, 1.82) is 0 Å². The molecule has 0 amide bonds. The van der Waals surface area contributed by atoms with Gasteiger partial charge in [-0.15, -0.1) is 0 Å². The Morgan fingerprint density at radius 2 is 1.86 bits per heavy atom. The SMILES string of the molecule is CC(Nc1cnn(CC(=O)O)c(=O)c1Cl)C1CCCCC1.O=C(O)C(F)(F)F. The van der Waals surface area contributed by atoms with Gasteiger partial charge in [-0.25, -0.2) is 9.48 Å². The maximum absolute atomic E-state index is 11.9. The smallest absolute Gasteiger partial charge is 0.480 e. The fourth-order valence-electron chi connectivity index (χ4n) is 2.80. The van der Waals surface area contributed by atoms with Gasteiger partial charge in [-0.3, -0.25) is 9.59 Å². The van der Waals surface area contributed by atoms with Crippen LogP contribution in [0, 0.1) is 5.92 Å². The number of carboxylic acid groups (broad SMARTS) is 2. The van der Waals surface area contributed by atoms with Gasteiger partial charge in [-0.1, -0.05) is 30.9 Å². The first-order chi connectivity index (χ1) is 12.9. The zero-order chi connectivity index (χ0) is 21.5. The lowest BCUT2D eigenvalue weighted by Gasteiger charge is -2.29. The van der Waals surface area contributed by atoms with Crippen LogP contribution in [0.3, 0.4) is 0 Å². The van der Waals surface area contributed by atoms with E-state index in [1.807, 2.05) is 0 Å². The summed E-state index contributed by atoms with van der Waals surface area (Å²) in [6.07, 6.45) is 2.46. The van der Waals surface area contributed by atoms with Crippen LogP contribution in [0.2, 0.25) is 5.02 Å². The molecule has 158 valence electrons. The lowest BCUT2D eigenvalue weighted by atomic mass is 9.84. The van der Waals surface area contributed by atoms with Crippen LogP contribution in [0.15, 0.2) is 11.0 Å². The van der Waals surface area contributed by atoms with Crippen molar-refractivity contribution < 1.29 is 33.0 Å². The van der Waals surface area contributed by atoms with Gasteiger partial charge in [0.05, 0.1) is 11.9 Å².